The number of carbonyl (C=O) groups is 1. The maximum atomic E-state index is 12.0. The number of aliphatic imine (C=N–C) groups is 1. The van der Waals surface area contributed by atoms with Crippen LogP contribution in [0.4, 0.5) is 0 Å². The zero-order valence-electron chi connectivity index (χ0n) is 23.6. The molecule has 9 nitrogen and oxygen atoms in total. The highest BCUT2D eigenvalue weighted by Crippen LogP contribution is 2.48. The van der Waals surface area contributed by atoms with E-state index in [0.717, 1.165) is 50.9 Å². The van der Waals surface area contributed by atoms with Crippen molar-refractivity contribution in [1.29, 1.82) is 0 Å². The number of phenolic OH excluding ortho intramolecular Hbond substituents is 1. The van der Waals surface area contributed by atoms with Gasteiger partial charge in [0.2, 0.25) is 0 Å². The van der Waals surface area contributed by atoms with Gasteiger partial charge in [0.25, 0.3) is 0 Å². The Kier molecular flexibility index (Phi) is 9.77. The minimum absolute atomic E-state index is 0.0759. The van der Waals surface area contributed by atoms with Crippen molar-refractivity contribution >= 4 is 11.9 Å². The number of nitrogens with zero attached hydrogens (tertiary/aromatic N) is 1. The highest BCUT2D eigenvalue weighted by molar-refractivity contribution is 5.77. The number of fused-ring (bicyclic) bond motifs is 2. The van der Waals surface area contributed by atoms with Gasteiger partial charge >= 0.3 is 5.97 Å². The Morgan fingerprint density at radius 1 is 1.31 bits per heavy atom. The lowest BCUT2D eigenvalue weighted by Crippen LogP contribution is -2.50. The van der Waals surface area contributed by atoms with Gasteiger partial charge in [-0.1, -0.05) is 25.1 Å². The van der Waals surface area contributed by atoms with E-state index in [1.807, 2.05) is 18.2 Å². The molecule has 3 aliphatic rings. The number of esters is 1. The molecule has 2 fully saturated rings. The number of aliphatic hydroxyl groups is 1. The van der Waals surface area contributed by atoms with Crippen molar-refractivity contribution in [2.24, 2.45) is 34.4 Å². The van der Waals surface area contributed by atoms with Gasteiger partial charge in [0, 0.05) is 26.9 Å². The SMILES string of the molecule is CN=C(N)NCC1CC2CC(C=CC2(O)CC(CCc2ccc(O)c(OC3CCNCC3)c2)OC(C)=O)C1C. The number of guanidine groups is 1. The molecule has 1 aromatic carbocycles. The van der Waals surface area contributed by atoms with Gasteiger partial charge in [-0.25, -0.2) is 0 Å². The van der Waals surface area contributed by atoms with Crippen molar-refractivity contribution in [2.45, 2.75) is 76.6 Å². The standard InChI is InChI=1S/C30H46N4O5/c1-19-22-8-11-30(37,24(15-22)16-23(19)18-34-29(31)32-3)17-26(38-20(2)35)6-4-21-5-7-27(36)28(14-21)39-25-9-12-33-13-10-25/h5,7-8,11,14,19,22-26,33,36-37H,4,6,9-10,12-13,15-18H2,1-3H3,(H3,31,32,34). The van der Waals surface area contributed by atoms with Gasteiger partial charge in [0.15, 0.2) is 17.5 Å². The summed E-state index contributed by atoms with van der Waals surface area (Å²) in [5, 5.41) is 28.7. The molecule has 2 bridgehead atoms. The van der Waals surface area contributed by atoms with E-state index >= 15 is 0 Å². The molecule has 216 valence electrons. The minimum Gasteiger partial charge on any atom is -0.504 e. The van der Waals surface area contributed by atoms with Gasteiger partial charge in [-0.2, -0.15) is 0 Å². The molecule has 0 aromatic heterocycles. The molecule has 6 atom stereocenters. The Hall–Kier alpha value is -2.78. The molecule has 1 saturated heterocycles. The van der Waals surface area contributed by atoms with E-state index in [0.29, 0.717) is 48.7 Å². The normalized spacial score (nSPS) is 30.0. The first-order valence-electron chi connectivity index (χ1n) is 14.4. The van der Waals surface area contributed by atoms with Gasteiger partial charge in [-0.3, -0.25) is 9.79 Å². The Bertz CT molecular complexity index is 1040. The highest BCUT2D eigenvalue weighted by atomic mass is 16.5. The molecule has 4 rings (SSSR count). The van der Waals surface area contributed by atoms with Crippen molar-refractivity contribution in [1.82, 2.24) is 10.6 Å². The number of hydrogen-bond donors (Lipinski definition) is 5. The Balaban J connectivity index is 1.41. The number of aromatic hydroxyl groups is 1. The summed E-state index contributed by atoms with van der Waals surface area (Å²) < 4.78 is 11.8. The lowest BCUT2D eigenvalue weighted by Gasteiger charge is -2.49. The van der Waals surface area contributed by atoms with Crippen LogP contribution in [0.5, 0.6) is 11.5 Å². The largest absolute Gasteiger partial charge is 0.504 e. The summed E-state index contributed by atoms with van der Waals surface area (Å²) in [5.74, 6) is 2.01. The summed E-state index contributed by atoms with van der Waals surface area (Å²) in [6.07, 6.45) is 8.90. The number of allylic oxidation sites excluding steroid dienone is 1. The van der Waals surface area contributed by atoms with Crippen molar-refractivity contribution in [3.63, 3.8) is 0 Å². The molecular weight excluding hydrogens is 496 g/mol. The second-order valence-corrected chi connectivity index (χ2v) is 11.6. The first kappa shape index (κ1) is 29.2. The molecule has 1 aliphatic heterocycles. The van der Waals surface area contributed by atoms with Crippen molar-refractivity contribution in [3.8, 4) is 11.5 Å². The first-order valence-corrected chi connectivity index (χ1v) is 14.4. The van der Waals surface area contributed by atoms with Gasteiger partial charge in [0.1, 0.15) is 12.2 Å². The molecule has 1 aromatic rings. The number of aryl methyl sites for hydroxylation is 1. The van der Waals surface area contributed by atoms with E-state index in [-0.39, 0.29) is 23.7 Å². The van der Waals surface area contributed by atoms with Gasteiger partial charge in [-0.05, 0) is 93.0 Å². The number of benzene rings is 1. The number of nitrogens with two attached hydrogens (primary N) is 1. The van der Waals surface area contributed by atoms with Crippen LogP contribution in [0.2, 0.25) is 0 Å². The van der Waals surface area contributed by atoms with E-state index in [9.17, 15) is 15.0 Å². The Morgan fingerprint density at radius 2 is 2.08 bits per heavy atom. The fraction of sp³-hybridized carbons (Fsp3) is 0.667. The average Bonchev–Trinajstić information content (AvgIpc) is 2.91. The van der Waals surface area contributed by atoms with Crippen LogP contribution < -0.4 is 21.1 Å². The number of carbonyl (C=O) groups excluding carboxylic acids is 1. The van der Waals surface area contributed by atoms with Crippen molar-refractivity contribution < 1.29 is 24.5 Å². The molecule has 6 unspecified atom stereocenters. The number of nitrogens with one attached hydrogen (secondary N) is 2. The zero-order valence-corrected chi connectivity index (χ0v) is 23.6. The number of phenols is 1. The maximum absolute atomic E-state index is 12.0. The molecule has 2 aliphatic carbocycles. The monoisotopic (exact) mass is 542 g/mol. The number of rotatable bonds is 10. The molecule has 0 radical (unpaired) electrons. The average molecular weight is 543 g/mol. The zero-order chi connectivity index (χ0) is 28.0. The molecule has 0 amide bonds. The quantitative estimate of drug-likeness (QED) is 0.132. The van der Waals surface area contributed by atoms with E-state index in [2.05, 4.69) is 28.6 Å². The maximum Gasteiger partial charge on any atom is 0.302 e. The third-order valence-electron chi connectivity index (χ3n) is 8.93. The van der Waals surface area contributed by atoms with Crippen LogP contribution in [0.3, 0.4) is 0 Å². The summed E-state index contributed by atoms with van der Waals surface area (Å²) in [6.45, 7) is 6.22. The van der Waals surface area contributed by atoms with Crippen LogP contribution in [0.25, 0.3) is 0 Å². The smallest absolute Gasteiger partial charge is 0.302 e. The second-order valence-electron chi connectivity index (χ2n) is 11.6. The fourth-order valence-electron chi connectivity index (χ4n) is 6.51. The summed E-state index contributed by atoms with van der Waals surface area (Å²) in [6, 6.07) is 5.42. The van der Waals surface area contributed by atoms with Crippen molar-refractivity contribution in [3.05, 3.63) is 35.9 Å². The third kappa shape index (κ3) is 7.66. The number of piperidine rings is 1. The topological polar surface area (TPSA) is 138 Å². The van der Waals surface area contributed by atoms with Crippen molar-refractivity contribution in [2.75, 3.05) is 26.7 Å². The van der Waals surface area contributed by atoms with E-state index in [1.54, 1.807) is 13.1 Å². The van der Waals surface area contributed by atoms with E-state index in [4.69, 9.17) is 15.2 Å². The lowest BCUT2D eigenvalue weighted by atomic mass is 9.59. The molecule has 1 saturated carbocycles. The summed E-state index contributed by atoms with van der Waals surface area (Å²) in [5.41, 5.74) is 5.81. The van der Waals surface area contributed by atoms with Crippen LogP contribution >= 0.6 is 0 Å². The number of ether oxygens (including phenoxy) is 2. The predicted molar refractivity (Wildman–Crippen MR) is 152 cm³/mol. The minimum atomic E-state index is -1.04. The van der Waals surface area contributed by atoms with Crippen LogP contribution in [-0.4, -0.2) is 66.6 Å². The highest BCUT2D eigenvalue weighted by Gasteiger charge is 2.47. The van der Waals surface area contributed by atoms with Crippen LogP contribution in [0.1, 0.15) is 57.9 Å². The molecule has 1 heterocycles. The van der Waals surface area contributed by atoms with Crippen LogP contribution in [-0.2, 0) is 16.0 Å². The lowest BCUT2D eigenvalue weighted by molar-refractivity contribution is -0.151. The van der Waals surface area contributed by atoms with E-state index < -0.39 is 11.7 Å². The molecule has 9 heteroatoms. The van der Waals surface area contributed by atoms with Gasteiger partial charge < -0.3 is 36.1 Å². The summed E-state index contributed by atoms with van der Waals surface area (Å²) in [7, 11) is 1.67. The molecule has 39 heavy (non-hydrogen) atoms. The van der Waals surface area contributed by atoms with Crippen LogP contribution in [0, 0.1) is 23.7 Å². The summed E-state index contributed by atoms with van der Waals surface area (Å²) >= 11 is 0. The van der Waals surface area contributed by atoms with Crippen LogP contribution in [0.15, 0.2) is 35.3 Å². The second kappa shape index (κ2) is 13.0. The first-order chi connectivity index (χ1) is 18.7. The predicted octanol–water partition coefficient (Wildman–Crippen LogP) is 2.89. The van der Waals surface area contributed by atoms with Gasteiger partial charge in [-0.15, -0.1) is 0 Å². The van der Waals surface area contributed by atoms with E-state index in [1.165, 1.54) is 6.92 Å². The molecule has 6 N–H and O–H groups in total. The molecule has 0 spiro atoms. The molecular formula is C30H46N4O5. The summed E-state index contributed by atoms with van der Waals surface area (Å²) in [4.78, 5) is 16.0. The fourth-order valence-corrected chi connectivity index (χ4v) is 6.51. The third-order valence-corrected chi connectivity index (χ3v) is 8.93. The Labute approximate surface area is 232 Å². The Morgan fingerprint density at radius 3 is 2.79 bits per heavy atom. The van der Waals surface area contributed by atoms with Gasteiger partial charge in [0.05, 0.1) is 5.60 Å². The number of hydrogen-bond acceptors (Lipinski definition) is 7.